The first-order valence-corrected chi connectivity index (χ1v) is 4.72. The van der Waals surface area contributed by atoms with Gasteiger partial charge in [0.05, 0.1) is 13.2 Å². The standard InChI is InChI=1S/C9H16NO3.ClH/c1-9(2)7-10(8(11)13-9)3-5-12-6-4-10;/h3-7H2,1-2H3;1H/q+1;/p-1. The molecule has 2 aliphatic rings. The topological polar surface area (TPSA) is 35.5 Å². The Morgan fingerprint density at radius 1 is 1.29 bits per heavy atom. The molecule has 2 rings (SSSR count). The van der Waals surface area contributed by atoms with Gasteiger partial charge in [0, 0.05) is 0 Å². The van der Waals surface area contributed by atoms with E-state index in [-0.39, 0.29) is 24.1 Å². The Hall–Kier alpha value is -0.320. The fourth-order valence-corrected chi connectivity index (χ4v) is 2.19. The molecule has 2 saturated heterocycles. The molecule has 0 bridgehead atoms. The maximum atomic E-state index is 11.7. The van der Waals surface area contributed by atoms with Gasteiger partial charge in [0.25, 0.3) is 0 Å². The van der Waals surface area contributed by atoms with Crippen LogP contribution in [0.5, 0.6) is 0 Å². The molecule has 2 fully saturated rings. The quantitative estimate of drug-likeness (QED) is 0.435. The summed E-state index contributed by atoms with van der Waals surface area (Å²) in [6.45, 7) is 7.59. The molecular weight excluding hydrogens is 206 g/mol. The van der Waals surface area contributed by atoms with E-state index in [1.54, 1.807) is 0 Å². The molecule has 0 saturated carbocycles. The number of ether oxygens (including phenoxy) is 2. The van der Waals surface area contributed by atoms with Crippen LogP contribution in [-0.2, 0) is 9.47 Å². The van der Waals surface area contributed by atoms with Gasteiger partial charge in [0.2, 0.25) is 0 Å². The lowest BCUT2D eigenvalue weighted by atomic mass is 10.1. The normalized spacial score (nSPS) is 28.3. The third kappa shape index (κ3) is 1.87. The van der Waals surface area contributed by atoms with Crippen molar-refractivity contribution in [3.8, 4) is 0 Å². The van der Waals surface area contributed by atoms with E-state index in [1.165, 1.54) is 0 Å². The maximum absolute atomic E-state index is 11.7. The molecule has 0 atom stereocenters. The third-order valence-electron chi connectivity index (χ3n) is 2.76. The van der Waals surface area contributed by atoms with Crippen molar-refractivity contribution in [3.05, 3.63) is 0 Å². The number of carbonyl (C=O) groups excluding carboxylic acids is 1. The number of cyclic esters (lactones) is 1. The molecule has 14 heavy (non-hydrogen) atoms. The van der Waals surface area contributed by atoms with E-state index in [9.17, 15) is 4.79 Å². The van der Waals surface area contributed by atoms with Gasteiger partial charge < -0.3 is 21.9 Å². The molecule has 1 amide bonds. The number of halogens is 1. The average Bonchev–Trinajstić information content (AvgIpc) is 2.23. The summed E-state index contributed by atoms with van der Waals surface area (Å²) in [6.07, 6.45) is -0.0756. The molecule has 4 nitrogen and oxygen atoms in total. The van der Waals surface area contributed by atoms with Crippen LogP contribution in [0.3, 0.4) is 0 Å². The zero-order valence-electron chi connectivity index (χ0n) is 8.59. The van der Waals surface area contributed by atoms with E-state index in [2.05, 4.69) is 0 Å². The molecule has 1 spiro atoms. The number of carbonyl (C=O) groups is 1. The lowest BCUT2D eigenvalue weighted by Gasteiger charge is -2.32. The van der Waals surface area contributed by atoms with Gasteiger partial charge in [-0.1, -0.05) is 0 Å². The van der Waals surface area contributed by atoms with Crippen molar-refractivity contribution < 1.29 is 31.2 Å². The van der Waals surface area contributed by atoms with Crippen LogP contribution in [0.25, 0.3) is 0 Å². The predicted molar refractivity (Wildman–Crippen MR) is 46.2 cm³/mol. The van der Waals surface area contributed by atoms with E-state index >= 15 is 0 Å². The number of nitrogens with zero attached hydrogens (tertiary/aromatic N) is 1. The monoisotopic (exact) mass is 221 g/mol. The average molecular weight is 222 g/mol. The Morgan fingerprint density at radius 3 is 2.29 bits per heavy atom. The minimum absolute atomic E-state index is 0. The summed E-state index contributed by atoms with van der Waals surface area (Å²) in [5, 5.41) is 0. The van der Waals surface area contributed by atoms with Crippen LogP contribution < -0.4 is 12.4 Å². The number of amides is 1. The van der Waals surface area contributed by atoms with Crippen LogP contribution in [-0.4, -0.2) is 49.0 Å². The fraction of sp³-hybridized carbons (Fsp3) is 0.889. The smallest absolute Gasteiger partial charge is 0.517 e. The first-order valence-electron chi connectivity index (χ1n) is 4.72. The summed E-state index contributed by atoms with van der Waals surface area (Å²) in [7, 11) is 0. The van der Waals surface area contributed by atoms with Crippen LogP contribution in [0.4, 0.5) is 4.79 Å². The second-order valence-electron chi connectivity index (χ2n) is 4.49. The first-order chi connectivity index (χ1) is 6.04. The highest BCUT2D eigenvalue weighted by Crippen LogP contribution is 2.29. The lowest BCUT2D eigenvalue weighted by Crippen LogP contribution is -3.00. The van der Waals surface area contributed by atoms with E-state index in [1.807, 2.05) is 13.8 Å². The highest BCUT2D eigenvalue weighted by Gasteiger charge is 2.53. The number of hydrogen-bond donors (Lipinski definition) is 0. The van der Waals surface area contributed by atoms with Crippen molar-refractivity contribution in [2.45, 2.75) is 19.4 Å². The summed E-state index contributed by atoms with van der Waals surface area (Å²) in [5.41, 5.74) is -0.297. The predicted octanol–water partition coefficient (Wildman–Crippen LogP) is -2.23. The van der Waals surface area contributed by atoms with Crippen molar-refractivity contribution in [2.24, 2.45) is 0 Å². The SMILES string of the molecule is CC1(C)C[N+]2(CCOCC2)C(=O)O1.[Cl-]. The number of rotatable bonds is 0. The fourth-order valence-electron chi connectivity index (χ4n) is 2.19. The van der Waals surface area contributed by atoms with Crippen LogP contribution in [0.1, 0.15) is 13.8 Å². The molecule has 5 heteroatoms. The summed E-state index contributed by atoms with van der Waals surface area (Å²) in [6, 6.07) is 0. The van der Waals surface area contributed by atoms with Gasteiger partial charge in [-0.05, 0) is 13.8 Å². The molecule has 0 aromatic heterocycles. The van der Waals surface area contributed by atoms with Gasteiger partial charge in [-0.25, -0.2) is 4.48 Å². The van der Waals surface area contributed by atoms with E-state index in [4.69, 9.17) is 9.47 Å². The van der Waals surface area contributed by atoms with E-state index in [0.717, 1.165) is 19.6 Å². The first kappa shape index (κ1) is 11.8. The number of quaternary nitrogens is 1. The molecule has 0 unspecified atom stereocenters. The summed E-state index contributed by atoms with van der Waals surface area (Å²) >= 11 is 0. The van der Waals surface area contributed by atoms with Gasteiger partial charge in [-0.2, -0.15) is 4.79 Å². The van der Waals surface area contributed by atoms with E-state index in [0.29, 0.717) is 17.7 Å². The zero-order valence-corrected chi connectivity index (χ0v) is 9.34. The van der Waals surface area contributed by atoms with Gasteiger partial charge in [0.15, 0.2) is 5.60 Å². The minimum atomic E-state index is -0.297. The largest absolute Gasteiger partial charge is 1.00 e. The molecule has 0 aromatic carbocycles. The van der Waals surface area contributed by atoms with Crippen molar-refractivity contribution in [3.63, 3.8) is 0 Å². The van der Waals surface area contributed by atoms with Crippen LogP contribution in [0, 0.1) is 0 Å². The summed E-state index contributed by atoms with van der Waals surface area (Å²) in [4.78, 5) is 11.7. The molecule has 0 aromatic rings. The lowest BCUT2D eigenvalue weighted by molar-refractivity contribution is -0.853. The van der Waals surface area contributed by atoms with Gasteiger partial charge in [0.1, 0.15) is 19.6 Å². The second-order valence-corrected chi connectivity index (χ2v) is 4.49. The van der Waals surface area contributed by atoms with Crippen molar-refractivity contribution in [1.29, 1.82) is 0 Å². The Balaban J connectivity index is 0.000000980. The molecule has 0 aliphatic carbocycles. The van der Waals surface area contributed by atoms with Gasteiger partial charge in [-0.3, -0.25) is 0 Å². The van der Waals surface area contributed by atoms with Crippen molar-refractivity contribution >= 4 is 6.09 Å². The second kappa shape index (κ2) is 3.68. The summed E-state index contributed by atoms with van der Waals surface area (Å²) in [5.74, 6) is 0. The number of hydrogen-bond acceptors (Lipinski definition) is 3. The molecule has 0 radical (unpaired) electrons. The zero-order chi connectivity index (χ0) is 9.53. The maximum Gasteiger partial charge on any atom is 0.517 e. The molecule has 2 heterocycles. The van der Waals surface area contributed by atoms with Gasteiger partial charge >= 0.3 is 6.09 Å². The van der Waals surface area contributed by atoms with Crippen LogP contribution >= 0.6 is 0 Å². The molecule has 0 N–H and O–H groups in total. The number of morpholine rings is 1. The molecule has 82 valence electrons. The Bertz CT molecular complexity index is 236. The third-order valence-corrected chi connectivity index (χ3v) is 2.76. The Labute approximate surface area is 90.2 Å². The van der Waals surface area contributed by atoms with Crippen molar-refractivity contribution in [1.82, 2.24) is 0 Å². The van der Waals surface area contributed by atoms with Crippen LogP contribution in [0.2, 0.25) is 0 Å². The Morgan fingerprint density at radius 2 is 1.86 bits per heavy atom. The Kier molecular flexibility index (Phi) is 3.09. The van der Waals surface area contributed by atoms with Crippen molar-refractivity contribution in [2.75, 3.05) is 32.8 Å². The van der Waals surface area contributed by atoms with E-state index < -0.39 is 0 Å². The highest BCUT2D eigenvalue weighted by molar-refractivity contribution is 5.62. The molecular formula is C9H16ClNO3. The molecule has 2 aliphatic heterocycles. The highest BCUT2D eigenvalue weighted by atomic mass is 35.5. The minimum Gasteiger partial charge on any atom is -1.00 e. The van der Waals surface area contributed by atoms with Gasteiger partial charge in [-0.15, -0.1) is 0 Å². The van der Waals surface area contributed by atoms with Crippen LogP contribution in [0.15, 0.2) is 0 Å². The summed E-state index contributed by atoms with van der Waals surface area (Å²) < 4.78 is 11.0.